The summed E-state index contributed by atoms with van der Waals surface area (Å²) in [6.07, 6.45) is 6.10. The third-order valence-corrected chi connectivity index (χ3v) is 3.57. The minimum Gasteiger partial charge on any atom is -0.490 e. The number of guanidine groups is 1. The molecule has 0 amide bonds. The second-order valence-electron chi connectivity index (χ2n) is 5.71. The largest absolute Gasteiger partial charge is 0.490 e. The van der Waals surface area contributed by atoms with Crippen LogP contribution in [0.25, 0.3) is 0 Å². The number of aromatic nitrogens is 1. The highest BCUT2D eigenvalue weighted by molar-refractivity contribution is 14.0. The molecule has 1 aromatic rings. The zero-order valence-electron chi connectivity index (χ0n) is 14.6. The quantitative estimate of drug-likeness (QED) is 0.258. The molecular weight excluding hydrogens is 419 g/mol. The van der Waals surface area contributed by atoms with E-state index < -0.39 is 0 Å². The molecule has 6 nitrogen and oxygen atoms in total. The van der Waals surface area contributed by atoms with E-state index in [9.17, 15) is 0 Å². The normalized spacial score (nSPS) is 14.0. The molecule has 0 spiro atoms. The van der Waals surface area contributed by atoms with Crippen LogP contribution in [0.3, 0.4) is 0 Å². The zero-order valence-corrected chi connectivity index (χ0v) is 16.9. The third kappa shape index (κ3) is 8.68. The first-order valence-corrected chi connectivity index (χ1v) is 8.39. The fourth-order valence-corrected chi connectivity index (χ4v) is 2.06. The molecule has 1 N–H and O–H groups in total. The number of rotatable bonds is 10. The van der Waals surface area contributed by atoms with E-state index in [1.54, 1.807) is 12.4 Å². The van der Waals surface area contributed by atoms with E-state index in [1.165, 1.54) is 12.8 Å². The van der Waals surface area contributed by atoms with Crippen LogP contribution in [0.2, 0.25) is 0 Å². The van der Waals surface area contributed by atoms with Crippen LogP contribution in [0, 0.1) is 5.92 Å². The number of nitrogens with one attached hydrogen (secondary N) is 1. The van der Waals surface area contributed by atoms with E-state index in [4.69, 9.17) is 9.47 Å². The van der Waals surface area contributed by atoms with Gasteiger partial charge in [-0.3, -0.25) is 4.98 Å². The summed E-state index contributed by atoms with van der Waals surface area (Å²) in [5, 5.41) is 3.30. The highest BCUT2D eigenvalue weighted by Gasteiger charge is 2.21. The Kier molecular flexibility index (Phi) is 10.7. The molecule has 136 valence electrons. The summed E-state index contributed by atoms with van der Waals surface area (Å²) in [5.74, 6) is 2.47. The van der Waals surface area contributed by atoms with Crippen molar-refractivity contribution in [3.05, 3.63) is 24.5 Å². The maximum atomic E-state index is 5.68. The SMILES string of the molecule is CCNC(=NCCOc1cccnc1)N(C)CCOCC1CC1.I. The highest BCUT2D eigenvalue weighted by Crippen LogP contribution is 2.28. The number of hydrogen-bond acceptors (Lipinski definition) is 4. The van der Waals surface area contributed by atoms with Crippen molar-refractivity contribution in [1.29, 1.82) is 0 Å². The van der Waals surface area contributed by atoms with Crippen molar-refractivity contribution < 1.29 is 9.47 Å². The summed E-state index contributed by atoms with van der Waals surface area (Å²) in [5.41, 5.74) is 0. The van der Waals surface area contributed by atoms with Crippen molar-refractivity contribution in [3.63, 3.8) is 0 Å². The topological polar surface area (TPSA) is 59.0 Å². The summed E-state index contributed by atoms with van der Waals surface area (Å²) in [6.45, 7) is 6.53. The van der Waals surface area contributed by atoms with Crippen LogP contribution >= 0.6 is 24.0 Å². The Balaban J connectivity index is 0.00000288. The van der Waals surface area contributed by atoms with Gasteiger partial charge in [0.2, 0.25) is 0 Å². The number of hydrogen-bond donors (Lipinski definition) is 1. The van der Waals surface area contributed by atoms with E-state index in [2.05, 4.69) is 27.1 Å². The van der Waals surface area contributed by atoms with E-state index in [0.29, 0.717) is 13.2 Å². The van der Waals surface area contributed by atoms with Gasteiger partial charge in [-0.25, -0.2) is 4.99 Å². The third-order valence-electron chi connectivity index (χ3n) is 3.57. The van der Waals surface area contributed by atoms with Crippen LogP contribution in [0.1, 0.15) is 19.8 Å². The minimum atomic E-state index is 0. The fourth-order valence-electron chi connectivity index (χ4n) is 2.06. The Morgan fingerprint density at radius 3 is 2.92 bits per heavy atom. The number of halogens is 1. The van der Waals surface area contributed by atoms with Crippen LogP contribution in [-0.4, -0.2) is 62.3 Å². The van der Waals surface area contributed by atoms with Gasteiger partial charge in [0.05, 0.1) is 19.3 Å². The van der Waals surface area contributed by atoms with Crippen molar-refractivity contribution >= 4 is 29.9 Å². The van der Waals surface area contributed by atoms with Gasteiger partial charge in [-0.1, -0.05) is 0 Å². The fraction of sp³-hybridized carbons (Fsp3) is 0.647. The smallest absolute Gasteiger partial charge is 0.193 e. The first-order valence-electron chi connectivity index (χ1n) is 8.39. The molecule has 24 heavy (non-hydrogen) atoms. The van der Waals surface area contributed by atoms with Gasteiger partial charge in [0.25, 0.3) is 0 Å². The predicted octanol–water partition coefficient (Wildman–Crippen LogP) is 2.40. The summed E-state index contributed by atoms with van der Waals surface area (Å²) in [7, 11) is 2.03. The zero-order chi connectivity index (χ0) is 16.3. The molecule has 0 atom stereocenters. The molecule has 1 heterocycles. The molecule has 1 aromatic heterocycles. The van der Waals surface area contributed by atoms with Gasteiger partial charge in [-0.2, -0.15) is 0 Å². The summed E-state index contributed by atoms with van der Waals surface area (Å²) >= 11 is 0. The molecule has 2 rings (SSSR count). The second kappa shape index (κ2) is 12.3. The molecule has 1 aliphatic rings. The molecule has 0 bridgehead atoms. The van der Waals surface area contributed by atoms with Crippen molar-refractivity contribution in [1.82, 2.24) is 15.2 Å². The Hall–Kier alpha value is -1.09. The lowest BCUT2D eigenvalue weighted by Crippen LogP contribution is -2.40. The van der Waals surface area contributed by atoms with Crippen LogP contribution in [-0.2, 0) is 4.74 Å². The molecule has 7 heteroatoms. The van der Waals surface area contributed by atoms with Crippen molar-refractivity contribution in [2.45, 2.75) is 19.8 Å². The Bertz CT molecular complexity index is 469. The Labute approximate surface area is 162 Å². The maximum Gasteiger partial charge on any atom is 0.193 e. The summed E-state index contributed by atoms with van der Waals surface area (Å²) < 4.78 is 11.3. The average molecular weight is 448 g/mol. The molecule has 0 saturated heterocycles. The van der Waals surface area contributed by atoms with Gasteiger partial charge in [-0.15, -0.1) is 24.0 Å². The lowest BCUT2D eigenvalue weighted by Gasteiger charge is -2.22. The van der Waals surface area contributed by atoms with Crippen molar-refractivity contribution in [2.24, 2.45) is 10.9 Å². The van der Waals surface area contributed by atoms with Crippen LogP contribution in [0.4, 0.5) is 0 Å². The minimum absolute atomic E-state index is 0. The molecule has 0 aliphatic heterocycles. The van der Waals surface area contributed by atoms with Crippen molar-refractivity contribution in [3.8, 4) is 5.75 Å². The number of nitrogens with zero attached hydrogens (tertiary/aromatic N) is 3. The number of likely N-dealkylation sites (N-methyl/N-ethyl adjacent to an activating group) is 1. The standard InChI is InChI=1S/C17H28N4O2.HI/c1-3-19-17(21(2)10-12-22-14-15-6-7-15)20-9-11-23-16-5-4-8-18-13-16;/h4-5,8,13,15H,3,6-7,9-12,14H2,1-2H3,(H,19,20);1H. The molecule has 0 unspecified atom stereocenters. The lowest BCUT2D eigenvalue weighted by molar-refractivity contribution is 0.115. The van der Waals surface area contributed by atoms with Gasteiger partial charge in [0, 0.05) is 32.9 Å². The van der Waals surface area contributed by atoms with Gasteiger partial charge in [-0.05, 0) is 37.8 Å². The van der Waals surface area contributed by atoms with Crippen molar-refractivity contribution in [2.75, 3.05) is 46.5 Å². The number of ether oxygens (including phenoxy) is 2. The molecule has 0 radical (unpaired) electrons. The first kappa shape index (κ1) is 21.0. The first-order chi connectivity index (χ1) is 11.3. The summed E-state index contributed by atoms with van der Waals surface area (Å²) in [6, 6.07) is 3.75. The average Bonchev–Trinajstić information content (AvgIpc) is 3.39. The summed E-state index contributed by atoms with van der Waals surface area (Å²) in [4.78, 5) is 10.7. The molecule has 0 aromatic carbocycles. The van der Waals surface area contributed by atoms with E-state index in [-0.39, 0.29) is 24.0 Å². The molecule has 1 aliphatic carbocycles. The van der Waals surface area contributed by atoms with E-state index in [1.807, 2.05) is 19.2 Å². The maximum absolute atomic E-state index is 5.68. The van der Waals surface area contributed by atoms with Gasteiger partial charge in [0.1, 0.15) is 12.4 Å². The van der Waals surface area contributed by atoms with E-state index >= 15 is 0 Å². The second-order valence-corrected chi connectivity index (χ2v) is 5.71. The Morgan fingerprint density at radius 2 is 2.25 bits per heavy atom. The van der Waals surface area contributed by atoms with Gasteiger partial charge < -0.3 is 19.7 Å². The van der Waals surface area contributed by atoms with Gasteiger partial charge >= 0.3 is 0 Å². The van der Waals surface area contributed by atoms with Crippen LogP contribution < -0.4 is 10.1 Å². The Morgan fingerprint density at radius 1 is 1.42 bits per heavy atom. The molecule has 1 saturated carbocycles. The number of pyridine rings is 1. The van der Waals surface area contributed by atoms with Crippen LogP contribution in [0.5, 0.6) is 5.75 Å². The predicted molar refractivity (Wildman–Crippen MR) is 107 cm³/mol. The monoisotopic (exact) mass is 448 g/mol. The highest BCUT2D eigenvalue weighted by atomic mass is 127. The van der Waals surface area contributed by atoms with Crippen LogP contribution in [0.15, 0.2) is 29.5 Å². The van der Waals surface area contributed by atoms with Gasteiger partial charge in [0.15, 0.2) is 5.96 Å². The lowest BCUT2D eigenvalue weighted by atomic mass is 10.5. The van der Waals surface area contributed by atoms with E-state index in [0.717, 1.165) is 43.9 Å². The number of aliphatic imine (C=N–C) groups is 1. The molecule has 1 fully saturated rings. The molecular formula is C17H29IN4O2.